The first kappa shape index (κ1) is 14.4. The van der Waals surface area contributed by atoms with Crippen LogP contribution in [0.4, 0.5) is 0 Å². The lowest BCUT2D eigenvalue weighted by Gasteiger charge is -2.33. The van der Waals surface area contributed by atoms with Gasteiger partial charge in [0.15, 0.2) is 6.29 Å². The van der Waals surface area contributed by atoms with Gasteiger partial charge in [-0.15, -0.1) is 0 Å². The van der Waals surface area contributed by atoms with E-state index in [9.17, 15) is 4.79 Å². The summed E-state index contributed by atoms with van der Waals surface area (Å²) in [5, 5.41) is 9.05. The molecule has 0 aromatic rings. The van der Waals surface area contributed by atoms with Crippen LogP contribution in [-0.4, -0.2) is 41.8 Å². The number of hydrogen-bond acceptors (Lipinski definition) is 5. The Hall–Kier alpha value is -0.650. The predicted molar refractivity (Wildman–Crippen MR) is 61.4 cm³/mol. The molecule has 1 fully saturated rings. The molecule has 0 amide bonds. The zero-order valence-electron chi connectivity index (χ0n) is 10.9. The maximum absolute atomic E-state index is 11.6. The van der Waals surface area contributed by atoms with E-state index in [2.05, 4.69) is 0 Å². The molecule has 0 aromatic carbocycles. The molecule has 0 bridgehead atoms. The molecule has 1 heterocycles. The van der Waals surface area contributed by atoms with E-state index < -0.39 is 11.9 Å². The van der Waals surface area contributed by atoms with Crippen molar-refractivity contribution in [2.75, 3.05) is 6.61 Å². The molecule has 1 aliphatic rings. The van der Waals surface area contributed by atoms with E-state index in [1.165, 1.54) is 0 Å². The highest BCUT2D eigenvalue weighted by atomic mass is 16.7. The van der Waals surface area contributed by atoms with E-state index in [1.54, 1.807) is 6.92 Å². The van der Waals surface area contributed by atoms with Crippen LogP contribution in [0, 0.1) is 0 Å². The van der Waals surface area contributed by atoms with Gasteiger partial charge in [-0.05, 0) is 27.7 Å². The first-order chi connectivity index (χ1) is 7.80. The van der Waals surface area contributed by atoms with Gasteiger partial charge in [0.05, 0.1) is 25.2 Å². The van der Waals surface area contributed by atoms with Crippen LogP contribution in [-0.2, 0) is 19.0 Å². The van der Waals surface area contributed by atoms with Gasteiger partial charge < -0.3 is 19.3 Å². The van der Waals surface area contributed by atoms with Crippen LogP contribution in [0.2, 0.25) is 0 Å². The molecule has 5 heteroatoms. The molecule has 1 saturated heterocycles. The largest absolute Gasteiger partial charge is 0.460 e. The monoisotopic (exact) mass is 246 g/mol. The van der Waals surface area contributed by atoms with Crippen molar-refractivity contribution < 1.29 is 24.1 Å². The Bertz CT molecular complexity index is 258. The van der Waals surface area contributed by atoms with Crippen LogP contribution in [0.25, 0.3) is 0 Å². The van der Waals surface area contributed by atoms with Crippen LogP contribution in [0.5, 0.6) is 0 Å². The number of esters is 1. The smallest absolute Gasteiger partial charge is 0.308 e. The Morgan fingerprint density at radius 1 is 1.35 bits per heavy atom. The molecule has 0 saturated carbocycles. The molecular weight excluding hydrogens is 224 g/mol. The molecule has 3 unspecified atom stereocenters. The van der Waals surface area contributed by atoms with Crippen molar-refractivity contribution in [2.45, 2.75) is 64.6 Å². The average Bonchev–Trinajstić information content (AvgIpc) is 2.13. The minimum atomic E-state index is -0.482. The minimum absolute atomic E-state index is 0.0570. The number of carbonyl (C=O) groups is 1. The zero-order chi connectivity index (χ0) is 13.1. The van der Waals surface area contributed by atoms with Gasteiger partial charge >= 0.3 is 5.97 Å². The van der Waals surface area contributed by atoms with E-state index >= 15 is 0 Å². The molecule has 1 N–H and O–H groups in total. The fourth-order valence-corrected chi connectivity index (χ4v) is 1.80. The fraction of sp³-hybridized carbons (Fsp3) is 0.917. The second kappa shape index (κ2) is 5.80. The van der Waals surface area contributed by atoms with Crippen molar-refractivity contribution >= 4 is 5.97 Å². The van der Waals surface area contributed by atoms with Gasteiger partial charge in [0.2, 0.25) is 0 Å². The lowest BCUT2D eigenvalue weighted by atomic mass is 10.1. The minimum Gasteiger partial charge on any atom is -0.460 e. The van der Waals surface area contributed by atoms with Crippen LogP contribution in [0.15, 0.2) is 0 Å². The summed E-state index contributed by atoms with van der Waals surface area (Å²) in [6, 6.07) is 0. The van der Waals surface area contributed by atoms with Crippen LogP contribution in [0.3, 0.4) is 0 Å². The Balaban J connectivity index is 2.42. The molecule has 100 valence electrons. The van der Waals surface area contributed by atoms with Crippen molar-refractivity contribution in [1.29, 1.82) is 0 Å². The maximum Gasteiger partial charge on any atom is 0.308 e. The lowest BCUT2D eigenvalue weighted by Crippen LogP contribution is -2.40. The second-order valence-corrected chi connectivity index (χ2v) is 5.29. The highest BCUT2D eigenvalue weighted by Crippen LogP contribution is 2.21. The third-order valence-corrected chi connectivity index (χ3v) is 2.31. The summed E-state index contributed by atoms with van der Waals surface area (Å²) in [7, 11) is 0. The van der Waals surface area contributed by atoms with Gasteiger partial charge in [0.25, 0.3) is 0 Å². The van der Waals surface area contributed by atoms with E-state index in [0.717, 1.165) is 0 Å². The SMILES string of the molecule is CC1OC(CO)CC(CC(=O)OC(C)(C)C)O1. The van der Waals surface area contributed by atoms with Crippen molar-refractivity contribution in [1.82, 2.24) is 0 Å². The predicted octanol–water partition coefficient (Wildman–Crippen LogP) is 1.23. The molecular formula is C12H22O5. The van der Waals surface area contributed by atoms with Gasteiger partial charge in [0, 0.05) is 6.42 Å². The van der Waals surface area contributed by atoms with Gasteiger partial charge in [-0.3, -0.25) is 4.79 Å². The Labute approximate surface area is 102 Å². The Morgan fingerprint density at radius 3 is 2.47 bits per heavy atom. The molecule has 0 aliphatic carbocycles. The number of rotatable bonds is 3. The molecule has 1 aliphatic heterocycles. The van der Waals surface area contributed by atoms with E-state index in [0.29, 0.717) is 6.42 Å². The van der Waals surface area contributed by atoms with E-state index in [-0.39, 0.29) is 31.2 Å². The zero-order valence-corrected chi connectivity index (χ0v) is 10.9. The quantitative estimate of drug-likeness (QED) is 0.759. The third kappa shape index (κ3) is 5.48. The topological polar surface area (TPSA) is 65.0 Å². The van der Waals surface area contributed by atoms with E-state index in [1.807, 2.05) is 20.8 Å². The highest BCUT2D eigenvalue weighted by molar-refractivity contribution is 5.70. The fourth-order valence-electron chi connectivity index (χ4n) is 1.80. The normalized spacial score (nSPS) is 30.1. The van der Waals surface area contributed by atoms with E-state index in [4.69, 9.17) is 19.3 Å². The number of ether oxygens (including phenoxy) is 3. The van der Waals surface area contributed by atoms with Crippen molar-refractivity contribution in [3.8, 4) is 0 Å². The molecule has 1 rings (SSSR count). The molecule has 17 heavy (non-hydrogen) atoms. The number of aliphatic hydroxyl groups is 1. The highest BCUT2D eigenvalue weighted by Gasteiger charge is 2.30. The standard InChI is InChI=1S/C12H22O5/c1-8-15-9(5-10(7-13)16-8)6-11(14)17-12(2,3)4/h8-10,13H,5-7H2,1-4H3. The summed E-state index contributed by atoms with van der Waals surface area (Å²) in [4.78, 5) is 11.6. The average molecular weight is 246 g/mol. The van der Waals surface area contributed by atoms with Crippen LogP contribution < -0.4 is 0 Å². The van der Waals surface area contributed by atoms with Crippen molar-refractivity contribution in [2.24, 2.45) is 0 Å². The van der Waals surface area contributed by atoms with Gasteiger partial charge in [-0.1, -0.05) is 0 Å². The van der Waals surface area contributed by atoms with Crippen LogP contribution in [0.1, 0.15) is 40.5 Å². The third-order valence-electron chi connectivity index (χ3n) is 2.31. The maximum atomic E-state index is 11.6. The van der Waals surface area contributed by atoms with Crippen LogP contribution >= 0.6 is 0 Å². The molecule has 5 nitrogen and oxygen atoms in total. The lowest BCUT2D eigenvalue weighted by molar-refractivity contribution is -0.242. The van der Waals surface area contributed by atoms with Gasteiger partial charge in [0.1, 0.15) is 5.60 Å². The van der Waals surface area contributed by atoms with Crippen molar-refractivity contribution in [3.63, 3.8) is 0 Å². The molecule has 0 spiro atoms. The number of hydrogen-bond donors (Lipinski definition) is 1. The summed E-state index contributed by atoms with van der Waals surface area (Å²) in [6.07, 6.45) is -0.188. The van der Waals surface area contributed by atoms with Gasteiger partial charge in [-0.25, -0.2) is 0 Å². The second-order valence-electron chi connectivity index (χ2n) is 5.29. The summed E-state index contributed by atoms with van der Waals surface area (Å²) in [5.74, 6) is -0.284. The Kier molecular flexibility index (Phi) is 4.91. The molecule has 0 radical (unpaired) electrons. The summed E-state index contributed by atoms with van der Waals surface area (Å²) in [5.41, 5.74) is -0.482. The summed E-state index contributed by atoms with van der Waals surface area (Å²) in [6.45, 7) is 7.18. The van der Waals surface area contributed by atoms with Gasteiger partial charge in [-0.2, -0.15) is 0 Å². The number of aliphatic hydroxyl groups excluding tert-OH is 1. The molecule has 0 aromatic heterocycles. The summed E-state index contributed by atoms with van der Waals surface area (Å²) >= 11 is 0. The molecule has 3 atom stereocenters. The first-order valence-corrected chi connectivity index (χ1v) is 5.94. The van der Waals surface area contributed by atoms with Crippen molar-refractivity contribution in [3.05, 3.63) is 0 Å². The number of carbonyl (C=O) groups excluding carboxylic acids is 1. The Morgan fingerprint density at radius 2 is 1.94 bits per heavy atom. The summed E-state index contributed by atoms with van der Waals surface area (Å²) < 4.78 is 16.0. The first-order valence-electron chi connectivity index (χ1n) is 5.94.